The van der Waals surface area contributed by atoms with Gasteiger partial charge in [0.15, 0.2) is 0 Å². The standard InChI is InChI=1S/C15H19N3O/c19-15(7-3-4-8-15)11-16-9-12-10-17-13-5-1-2-6-14(13)18-12/h1-2,5-6,10,16,19H,3-4,7-9,11H2. The Morgan fingerprint density at radius 2 is 1.89 bits per heavy atom. The fourth-order valence-corrected chi connectivity index (χ4v) is 2.71. The highest BCUT2D eigenvalue weighted by atomic mass is 16.3. The van der Waals surface area contributed by atoms with Crippen molar-refractivity contribution >= 4 is 11.0 Å². The molecule has 1 aliphatic carbocycles. The van der Waals surface area contributed by atoms with Gasteiger partial charge in [-0.1, -0.05) is 25.0 Å². The minimum atomic E-state index is -0.510. The Bertz CT molecular complexity index is 564. The number of hydrogen-bond acceptors (Lipinski definition) is 4. The zero-order valence-corrected chi connectivity index (χ0v) is 11.0. The van der Waals surface area contributed by atoms with Gasteiger partial charge < -0.3 is 10.4 Å². The third kappa shape index (κ3) is 2.91. The van der Waals surface area contributed by atoms with Crippen molar-refractivity contribution in [2.75, 3.05) is 6.54 Å². The first-order valence-electron chi connectivity index (χ1n) is 6.89. The van der Waals surface area contributed by atoms with E-state index in [0.717, 1.165) is 42.4 Å². The molecule has 19 heavy (non-hydrogen) atoms. The molecule has 1 aliphatic rings. The second kappa shape index (κ2) is 5.23. The number of nitrogens with one attached hydrogen (secondary N) is 1. The van der Waals surface area contributed by atoms with Crippen LogP contribution < -0.4 is 5.32 Å². The molecule has 4 nitrogen and oxygen atoms in total. The smallest absolute Gasteiger partial charge is 0.0890 e. The molecule has 0 radical (unpaired) electrons. The van der Waals surface area contributed by atoms with E-state index in [0.29, 0.717) is 13.1 Å². The van der Waals surface area contributed by atoms with Crippen LogP contribution in [-0.2, 0) is 6.54 Å². The van der Waals surface area contributed by atoms with Crippen LogP contribution in [0.1, 0.15) is 31.4 Å². The molecule has 0 unspecified atom stereocenters. The van der Waals surface area contributed by atoms with Crippen molar-refractivity contribution in [1.29, 1.82) is 0 Å². The first kappa shape index (κ1) is 12.5. The number of nitrogens with zero attached hydrogens (tertiary/aromatic N) is 2. The monoisotopic (exact) mass is 257 g/mol. The second-order valence-electron chi connectivity index (χ2n) is 5.39. The summed E-state index contributed by atoms with van der Waals surface area (Å²) in [4.78, 5) is 8.94. The summed E-state index contributed by atoms with van der Waals surface area (Å²) in [5.41, 5.74) is 2.24. The van der Waals surface area contributed by atoms with Crippen molar-refractivity contribution < 1.29 is 5.11 Å². The lowest BCUT2D eigenvalue weighted by molar-refractivity contribution is 0.0474. The van der Waals surface area contributed by atoms with Gasteiger partial charge >= 0.3 is 0 Å². The molecule has 1 fully saturated rings. The summed E-state index contributed by atoms with van der Waals surface area (Å²) in [5, 5.41) is 13.5. The van der Waals surface area contributed by atoms with E-state index >= 15 is 0 Å². The van der Waals surface area contributed by atoms with Gasteiger partial charge in [-0.3, -0.25) is 4.98 Å². The highest BCUT2D eigenvalue weighted by Gasteiger charge is 2.30. The molecule has 4 heteroatoms. The fourth-order valence-electron chi connectivity index (χ4n) is 2.71. The maximum atomic E-state index is 10.2. The van der Waals surface area contributed by atoms with Gasteiger partial charge in [0.1, 0.15) is 0 Å². The average molecular weight is 257 g/mol. The lowest BCUT2D eigenvalue weighted by atomic mass is 10.0. The SMILES string of the molecule is OC1(CNCc2cnc3ccccc3n2)CCCC1. The third-order valence-electron chi connectivity index (χ3n) is 3.79. The lowest BCUT2D eigenvalue weighted by Crippen LogP contribution is -2.37. The molecule has 0 atom stereocenters. The van der Waals surface area contributed by atoms with E-state index in [-0.39, 0.29) is 0 Å². The molecule has 0 spiro atoms. The van der Waals surface area contributed by atoms with Gasteiger partial charge in [0.05, 0.1) is 28.5 Å². The zero-order valence-electron chi connectivity index (χ0n) is 11.0. The Morgan fingerprint density at radius 1 is 1.16 bits per heavy atom. The minimum absolute atomic E-state index is 0.510. The van der Waals surface area contributed by atoms with E-state index in [1.807, 2.05) is 24.3 Å². The van der Waals surface area contributed by atoms with Crippen LogP contribution in [0.25, 0.3) is 11.0 Å². The molecule has 100 valence electrons. The molecule has 2 aromatic rings. The molecule has 2 N–H and O–H groups in total. The van der Waals surface area contributed by atoms with Crippen molar-refractivity contribution in [3.63, 3.8) is 0 Å². The van der Waals surface area contributed by atoms with E-state index in [1.54, 1.807) is 6.20 Å². The summed E-state index contributed by atoms with van der Waals surface area (Å²) in [6.45, 7) is 1.29. The minimum Gasteiger partial charge on any atom is -0.389 e. The van der Waals surface area contributed by atoms with Crippen LogP contribution in [0.2, 0.25) is 0 Å². The molecule has 0 bridgehead atoms. The Hall–Kier alpha value is -1.52. The molecule has 0 saturated heterocycles. The molecule has 0 aliphatic heterocycles. The third-order valence-corrected chi connectivity index (χ3v) is 3.79. The lowest BCUT2D eigenvalue weighted by Gasteiger charge is -2.22. The number of rotatable bonds is 4. The zero-order chi connectivity index (χ0) is 13.1. The summed E-state index contributed by atoms with van der Waals surface area (Å²) in [6.07, 6.45) is 5.88. The van der Waals surface area contributed by atoms with Gasteiger partial charge in [-0.2, -0.15) is 0 Å². The van der Waals surface area contributed by atoms with Crippen LogP contribution in [0.5, 0.6) is 0 Å². The molecule has 1 aromatic heterocycles. The van der Waals surface area contributed by atoms with Crippen LogP contribution in [-0.4, -0.2) is 27.2 Å². The summed E-state index contributed by atoms with van der Waals surface area (Å²) in [5.74, 6) is 0. The van der Waals surface area contributed by atoms with Crippen LogP contribution in [0.3, 0.4) is 0 Å². The van der Waals surface area contributed by atoms with Gasteiger partial charge in [0, 0.05) is 13.1 Å². The van der Waals surface area contributed by atoms with Crippen molar-refractivity contribution in [1.82, 2.24) is 15.3 Å². The average Bonchev–Trinajstić information content (AvgIpc) is 2.86. The van der Waals surface area contributed by atoms with Gasteiger partial charge in [-0.15, -0.1) is 0 Å². The summed E-state index contributed by atoms with van der Waals surface area (Å²) in [7, 11) is 0. The highest BCUT2D eigenvalue weighted by molar-refractivity contribution is 5.73. The summed E-state index contributed by atoms with van der Waals surface area (Å²) in [6, 6.07) is 7.86. The number of benzene rings is 1. The van der Waals surface area contributed by atoms with E-state index in [4.69, 9.17) is 0 Å². The maximum absolute atomic E-state index is 10.2. The van der Waals surface area contributed by atoms with E-state index < -0.39 is 5.60 Å². The molecule has 1 saturated carbocycles. The number of fused-ring (bicyclic) bond motifs is 1. The Labute approximate surface area is 112 Å². The molecule has 1 heterocycles. The Morgan fingerprint density at radius 3 is 2.68 bits per heavy atom. The molecule has 1 aromatic carbocycles. The molecule has 3 rings (SSSR count). The van der Waals surface area contributed by atoms with E-state index in [1.165, 1.54) is 0 Å². The topological polar surface area (TPSA) is 58.0 Å². The summed E-state index contributed by atoms with van der Waals surface area (Å²) < 4.78 is 0. The predicted octanol–water partition coefficient (Wildman–Crippen LogP) is 2.02. The maximum Gasteiger partial charge on any atom is 0.0890 e. The number of para-hydroxylation sites is 2. The van der Waals surface area contributed by atoms with Crippen LogP contribution in [0.4, 0.5) is 0 Å². The summed E-state index contributed by atoms with van der Waals surface area (Å²) >= 11 is 0. The first-order valence-corrected chi connectivity index (χ1v) is 6.89. The van der Waals surface area contributed by atoms with Gasteiger partial charge in [-0.05, 0) is 25.0 Å². The van der Waals surface area contributed by atoms with Crippen molar-refractivity contribution in [3.8, 4) is 0 Å². The first-order chi connectivity index (χ1) is 9.25. The second-order valence-corrected chi connectivity index (χ2v) is 5.39. The molecular weight excluding hydrogens is 238 g/mol. The Balaban J connectivity index is 1.62. The van der Waals surface area contributed by atoms with Gasteiger partial charge in [0.2, 0.25) is 0 Å². The van der Waals surface area contributed by atoms with Crippen molar-refractivity contribution in [2.24, 2.45) is 0 Å². The van der Waals surface area contributed by atoms with Crippen molar-refractivity contribution in [3.05, 3.63) is 36.2 Å². The van der Waals surface area contributed by atoms with E-state index in [2.05, 4.69) is 15.3 Å². The molecule has 0 amide bonds. The predicted molar refractivity (Wildman–Crippen MR) is 74.7 cm³/mol. The molecular formula is C15H19N3O. The normalized spacial score (nSPS) is 17.9. The Kier molecular flexibility index (Phi) is 3.44. The largest absolute Gasteiger partial charge is 0.389 e. The quantitative estimate of drug-likeness (QED) is 0.880. The highest BCUT2D eigenvalue weighted by Crippen LogP contribution is 2.28. The number of hydrogen-bond donors (Lipinski definition) is 2. The van der Waals surface area contributed by atoms with Crippen LogP contribution in [0, 0.1) is 0 Å². The van der Waals surface area contributed by atoms with Crippen LogP contribution >= 0.6 is 0 Å². The fraction of sp³-hybridized carbons (Fsp3) is 0.467. The van der Waals surface area contributed by atoms with Crippen molar-refractivity contribution in [2.45, 2.75) is 37.8 Å². The van der Waals surface area contributed by atoms with Gasteiger partial charge in [-0.25, -0.2) is 4.98 Å². The number of aromatic nitrogens is 2. The number of aliphatic hydroxyl groups is 1. The van der Waals surface area contributed by atoms with Crippen LogP contribution in [0.15, 0.2) is 30.5 Å². The van der Waals surface area contributed by atoms with Gasteiger partial charge in [0.25, 0.3) is 0 Å². The van der Waals surface area contributed by atoms with E-state index in [9.17, 15) is 5.11 Å².